The summed E-state index contributed by atoms with van der Waals surface area (Å²) in [5.41, 5.74) is 0. The van der Waals surface area contributed by atoms with E-state index in [0.29, 0.717) is 0 Å². The maximum Gasteiger partial charge on any atom is 0.121 e. The lowest BCUT2D eigenvalue weighted by atomic mass is 10.0. The molecular weight excluding hydrogens is 378 g/mol. The first-order valence-corrected chi connectivity index (χ1v) is 14.4. The number of aliphatic hydroxyl groups excluding tert-OH is 1. The third kappa shape index (κ3) is 29.5. The number of aliphatic hydroxyl groups is 1. The van der Waals surface area contributed by atoms with Crippen LogP contribution in [-0.2, 0) is 0 Å². The Morgan fingerprint density at radius 3 is 1.10 bits per heavy atom. The number of unbranched alkanes of at least 4 members (excludes halogenated alkanes) is 23. The molecule has 0 heterocycles. The van der Waals surface area contributed by atoms with Crippen LogP contribution in [0.3, 0.4) is 0 Å². The summed E-state index contributed by atoms with van der Waals surface area (Å²) in [4.78, 5) is 0. The molecule has 0 saturated heterocycles. The number of allylic oxidation sites excluding steroid dienone is 1. The highest BCUT2D eigenvalue weighted by molar-refractivity contribution is 4.79. The molecule has 2 nitrogen and oxygen atoms in total. The molecule has 0 aromatic carbocycles. The lowest BCUT2D eigenvalue weighted by Gasteiger charge is -2.04. The van der Waals surface area contributed by atoms with Gasteiger partial charge in [-0.2, -0.15) is 0 Å². The summed E-state index contributed by atoms with van der Waals surface area (Å²) < 4.78 is 0. The van der Waals surface area contributed by atoms with Gasteiger partial charge in [0.1, 0.15) is 6.23 Å². The van der Waals surface area contributed by atoms with Gasteiger partial charge in [-0.1, -0.05) is 154 Å². The molecule has 0 bridgehead atoms. The fourth-order valence-electron chi connectivity index (χ4n) is 4.34. The van der Waals surface area contributed by atoms with E-state index in [2.05, 4.69) is 18.3 Å². The second-order valence-electron chi connectivity index (χ2n) is 9.81. The molecule has 0 aromatic heterocycles. The van der Waals surface area contributed by atoms with Crippen LogP contribution in [0.2, 0.25) is 0 Å². The molecule has 0 aliphatic carbocycles. The van der Waals surface area contributed by atoms with Crippen molar-refractivity contribution in [2.45, 2.75) is 174 Å². The molecule has 0 aromatic rings. The van der Waals surface area contributed by atoms with Gasteiger partial charge in [0.25, 0.3) is 0 Å². The van der Waals surface area contributed by atoms with Crippen molar-refractivity contribution in [2.24, 2.45) is 0 Å². The van der Waals surface area contributed by atoms with E-state index in [1.54, 1.807) is 6.92 Å². The second-order valence-corrected chi connectivity index (χ2v) is 9.81. The normalized spacial score (nSPS) is 12.6. The van der Waals surface area contributed by atoms with E-state index in [1.807, 2.05) is 6.20 Å². The van der Waals surface area contributed by atoms with Gasteiger partial charge in [0.2, 0.25) is 0 Å². The van der Waals surface area contributed by atoms with Crippen LogP contribution >= 0.6 is 0 Å². The average Bonchev–Trinajstić information content (AvgIpc) is 2.76. The zero-order valence-corrected chi connectivity index (χ0v) is 21.6. The number of hydrogen-bond donors (Lipinski definition) is 2. The summed E-state index contributed by atoms with van der Waals surface area (Å²) in [7, 11) is 0. The zero-order chi connectivity index (χ0) is 22.7. The van der Waals surface area contributed by atoms with E-state index in [0.717, 1.165) is 6.42 Å². The van der Waals surface area contributed by atoms with Crippen LogP contribution < -0.4 is 5.32 Å². The van der Waals surface area contributed by atoms with Gasteiger partial charge in [-0.15, -0.1) is 0 Å². The van der Waals surface area contributed by atoms with Crippen LogP contribution in [0.4, 0.5) is 0 Å². The van der Waals surface area contributed by atoms with Crippen molar-refractivity contribution >= 4 is 0 Å². The van der Waals surface area contributed by atoms with Crippen molar-refractivity contribution < 1.29 is 5.11 Å². The van der Waals surface area contributed by atoms with E-state index in [-0.39, 0.29) is 0 Å². The predicted octanol–water partition coefficient (Wildman–Crippen LogP) is 9.81. The Bertz CT molecular complexity index is 340. The van der Waals surface area contributed by atoms with Gasteiger partial charge in [0.05, 0.1) is 0 Å². The van der Waals surface area contributed by atoms with Gasteiger partial charge in [0, 0.05) is 0 Å². The van der Waals surface area contributed by atoms with Crippen LogP contribution in [0.15, 0.2) is 12.3 Å². The van der Waals surface area contributed by atoms with E-state index in [1.165, 1.54) is 148 Å². The van der Waals surface area contributed by atoms with Crippen molar-refractivity contribution in [2.75, 3.05) is 0 Å². The first-order valence-electron chi connectivity index (χ1n) is 14.4. The van der Waals surface area contributed by atoms with E-state index >= 15 is 0 Å². The molecule has 31 heavy (non-hydrogen) atoms. The van der Waals surface area contributed by atoms with E-state index < -0.39 is 6.23 Å². The Labute approximate surface area is 197 Å². The van der Waals surface area contributed by atoms with Crippen molar-refractivity contribution in [3.63, 3.8) is 0 Å². The van der Waals surface area contributed by atoms with Crippen molar-refractivity contribution in [1.82, 2.24) is 5.32 Å². The quantitative estimate of drug-likeness (QED) is 0.104. The second kappa shape index (κ2) is 27.5. The van der Waals surface area contributed by atoms with Gasteiger partial charge >= 0.3 is 0 Å². The largest absolute Gasteiger partial charge is 0.374 e. The van der Waals surface area contributed by atoms with Crippen LogP contribution in [0.5, 0.6) is 0 Å². The molecular formula is C29H59NO. The molecule has 0 spiro atoms. The van der Waals surface area contributed by atoms with Crippen LogP contribution in [0.1, 0.15) is 168 Å². The Morgan fingerprint density at radius 1 is 0.516 bits per heavy atom. The van der Waals surface area contributed by atoms with Gasteiger partial charge in [-0.05, 0) is 26.0 Å². The number of nitrogens with one attached hydrogen (secondary N) is 1. The molecule has 0 aliphatic heterocycles. The maximum absolute atomic E-state index is 9.08. The zero-order valence-electron chi connectivity index (χ0n) is 21.6. The van der Waals surface area contributed by atoms with Gasteiger partial charge in [0.15, 0.2) is 0 Å². The third-order valence-electron chi connectivity index (χ3n) is 6.43. The first-order chi connectivity index (χ1) is 15.3. The smallest absolute Gasteiger partial charge is 0.121 e. The average molecular weight is 438 g/mol. The molecule has 1 unspecified atom stereocenters. The third-order valence-corrected chi connectivity index (χ3v) is 6.43. The monoisotopic (exact) mass is 437 g/mol. The molecule has 0 rings (SSSR count). The van der Waals surface area contributed by atoms with Gasteiger partial charge in [-0.3, -0.25) is 0 Å². The van der Waals surface area contributed by atoms with Crippen molar-refractivity contribution in [1.29, 1.82) is 0 Å². The highest BCUT2D eigenvalue weighted by Crippen LogP contribution is 2.15. The summed E-state index contributed by atoms with van der Waals surface area (Å²) >= 11 is 0. The molecule has 0 fully saturated rings. The molecule has 1 atom stereocenters. The summed E-state index contributed by atoms with van der Waals surface area (Å²) in [6, 6.07) is 0. The topological polar surface area (TPSA) is 32.3 Å². The lowest BCUT2D eigenvalue weighted by molar-refractivity contribution is 0.173. The van der Waals surface area contributed by atoms with E-state index in [4.69, 9.17) is 5.11 Å². The molecule has 0 saturated carbocycles. The fraction of sp³-hybridized carbons (Fsp3) is 0.931. The predicted molar refractivity (Wildman–Crippen MR) is 140 cm³/mol. The number of hydrogen-bond acceptors (Lipinski definition) is 2. The molecule has 0 amide bonds. The molecule has 2 N–H and O–H groups in total. The highest BCUT2D eigenvalue weighted by Gasteiger charge is 1.96. The number of rotatable bonds is 26. The van der Waals surface area contributed by atoms with Crippen LogP contribution in [0, 0.1) is 0 Å². The first kappa shape index (κ1) is 30.5. The minimum absolute atomic E-state index is 0.439. The van der Waals surface area contributed by atoms with Gasteiger partial charge in [-0.25, -0.2) is 0 Å². The molecule has 186 valence electrons. The standard InChI is InChI=1S/C29H59NO/c1-3-4-5-6-7-8-9-10-11-12-13-14-15-16-17-18-19-20-21-22-23-24-25-26-27-28-30-29(2)31/h27-31H,3-26H2,1-2H3. The molecule has 2 heteroatoms. The minimum atomic E-state index is -0.439. The van der Waals surface area contributed by atoms with E-state index in [9.17, 15) is 0 Å². The maximum atomic E-state index is 9.08. The summed E-state index contributed by atoms with van der Waals surface area (Å²) in [6.45, 7) is 4.04. The Hall–Kier alpha value is -0.500. The highest BCUT2D eigenvalue weighted by atomic mass is 16.3. The van der Waals surface area contributed by atoms with Crippen LogP contribution in [-0.4, -0.2) is 11.3 Å². The molecule has 0 radical (unpaired) electrons. The SMILES string of the molecule is CCCCCCCCCCCCCCCCCCCCCCCCCC=CNC(C)O. The van der Waals surface area contributed by atoms with Crippen molar-refractivity contribution in [3.8, 4) is 0 Å². The summed E-state index contributed by atoms with van der Waals surface area (Å²) in [6.07, 6.45) is 37.8. The Morgan fingerprint density at radius 2 is 0.806 bits per heavy atom. The summed E-state index contributed by atoms with van der Waals surface area (Å²) in [5.74, 6) is 0. The minimum Gasteiger partial charge on any atom is -0.374 e. The Balaban J connectivity index is 3.03. The molecule has 0 aliphatic rings. The van der Waals surface area contributed by atoms with Crippen LogP contribution in [0.25, 0.3) is 0 Å². The van der Waals surface area contributed by atoms with Gasteiger partial charge < -0.3 is 10.4 Å². The summed E-state index contributed by atoms with van der Waals surface area (Å²) in [5, 5.41) is 12.0. The Kier molecular flexibility index (Phi) is 27.1. The van der Waals surface area contributed by atoms with Crippen molar-refractivity contribution in [3.05, 3.63) is 12.3 Å². The lowest BCUT2D eigenvalue weighted by Crippen LogP contribution is -2.18. The fourth-order valence-corrected chi connectivity index (χ4v) is 4.34.